The molecule has 27 heavy (non-hydrogen) atoms. The van der Waals surface area contributed by atoms with Crippen LogP contribution in [0.15, 0.2) is 48.8 Å². The molecule has 0 radical (unpaired) electrons. The van der Waals surface area contributed by atoms with E-state index in [0.29, 0.717) is 27.8 Å². The van der Waals surface area contributed by atoms with Crippen molar-refractivity contribution in [3.8, 4) is 0 Å². The third kappa shape index (κ3) is 3.89. The first-order valence-electron chi connectivity index (χ1n) is 8.44. The molecular weight excluding hydrogens is 414 g/mol. The van der Waals surface area contributed by atoms with Gasteiger partial charge in [-0.25, -0.2) is 0 Å². The number of hydrogen-bond acceptors (Lipinski definition) is 5. The lowest BCUT2D eigenvalue weighted by Crippen LogP contribution is -2.20. The van der Waals surface area contributed by atoms with Gasteiger partial charge in [-0.2, -0.15) is 0 Å². The van der Waals surface area contributed by atoms with E-state index in [1.165, 1.54) is 10.8 Å². The van der Waals surface area contributed by atoms with Gasteiger partial charge in [0.25, 0.3) is 0 Å². The van der Waals surface area contributed by atoms with Crippen molar-refractivity contribution in [2.75, 3.05) is 17.3 Å². The standard InChI is InChI=1S/C19H20BrN3O4/c1-2-27-19(26)23-14-8-4-3-7-13(14)16(22-15(24)10-20)17(23)18(25)12-6-5-9-21-11-12/h3-9,11,18-19,25-26H,2,10H2,1H3,(H,22,24). The molecular formula is C19H20BrN3O4. The van der Waals surface area contributed by atoms with Crippen LogP contribution in [0.2, 0.25) is 0 Å². The number of fused-ring (bicyclic) bond motifs is 1. The van der Waals surface area contributed by atoms with Crippen LogP contribution < -0.4 is 5.32 Å². The minimum absolute atomic E-state index is 0.100. The third-order valence-corrected chi connectivity index (χ3v) is 4.64. The maximum atomic E-state index is 12.1. The van der Waals surface area contributed by atoms with Gasteiger partial charge in [0, 0.05) is 30.0 Å². The molecule has 2 heterocycles. The number of ether oxygens (including phenoxy) is 1. The zero-order chi connectivity index (χ0) is 19.4. The number of aliphatic hydroxyl groups excluding tert-OH is 2. The first-order chi connectivity index (χ1) is 13.1. The molecule has 0 aliphatic heterocycles. The second-order valence-electron chi connectivity index (χ2n) is 5.80. The first-order valence-corrected chi connectivity index (χ1v) is 9.56. The summed E-state index contributed by atoms with van der Waals surface area (Å²) in [6, 6.07) is 10.7. The highest BCUT2D eigenvalue weighted by atomic mass is 79.9. The number of rotatable bonds is 7. The summed E-state index contributed by atoms with van der Waals surface area (Å²) in [5, 5.41) is 25.3. The lowest BCUT2D eigenvalue weighted by atomic mass is 10.1. The number of alkyl halides is 1. The molecule has 3 aromatic rings. The van der Waals surface area contributed by atoms with E-state index < -0.39 is 12.5 Å². The molecule has 0 aliphatic rings. The van der Waals surface area contributed by atoms with Gasteiger partial charge in [0.1, 0.15) is 6.10 Å². The smallest absolute Gasteiger partial charge is 0.242 e. The Kier molecular flexibility index (Phi) is 6.22. The number of pyridine rings is 1. The Hall–Kier alpha value is -2.26. The molecule has 0 aliphatic carbocycles. The zero-order valence-electron chi connectivity index (χ0n) is 14.7. The molecule has 0 spiro atoms. The molecule has 142 valence electrons. The fourth-order valence-corrected chi connectivity index (χ4v) is 3.15. The molecule has 1 aromatic carbocycles. The number of nitrogens with one attached hydrogen (secondary N) is 1. The van der Waals surface area contributed by atoms with Gasteiger partial charge in [0.15, 0.2) is 0 Å². The van der Waals surface area contributed by atoms with E-state index in [2.05, 4.69) is 26.2 Å². The highest BCUT2D eigenvalue weighted by molar-refractivity contribution is 9.09. The highest BCUT2D eigenvalue weighted by Gasteiger charge is 2.28. The van der Waals surface area contributed by atoms with Crippen molar-refractivity contribution in [3.63, 3.8) is 0 Å². The van der Waals surface area contributed by atoms with Crippen LogP contribution in [0.4, 0.5) is 5.69 Å². The molecule has 0 fully saturated rings. The number of carbonyl (C=O) groups excluding carboxylic acids is 1. The van der Waals surface area contributed by atoms with Crippen LogP contribution in [0.1, 0.15) is 30.7 Å². The molecule has 0 saturated heterocycles. The van der Waals surface area contributed by atoms with Crippen molar-refractivity contribution >= 4 is 38.4 Å². The number of amides is 1. The predicted molar refractivity (Wildman–Crippen MR) is 106 cm³/mol. The summed E-state index contributed by atoms with van der Waals surface area (Å²) in [6.45, 7) is 2.04. The molecule has 8 heteroatoms. The summed E-state index contributed by atoms with van der Waals surface area (Å²) < 4.78 is 6.86. The van der Waals surface area contributed by atoms with Crippen molar-refractivity contribution in [1.82, 2.24) is 9.55 Å². The summed E-state index contributed by atoms with van der Waals surface area (Å²) in [4.78, 5) is 16.1. The van der Waals surface area contributed by atoms with E-state index in [1.54, 1.807) is 31.3 Å². The van der Waals surface area contributed by atoms with Crippen LogP contribution in [0, 0.1) is 0 Å². The summed E-state index contributed by atoms with van der Waals surface area (Å²) in [7, 11) is 0. The molecule has 3 N–H and O–H groups in total. The van der Waals surface area contributed by atoms with Crippen LogP contribution in [0.25, 0.3) is 10.9 Å². The number of nitrogens with zero attached hydrogens (tertiary/aromatic N) is 2. The van der Waals surface area contributed by atoms with Crippen molar-refractivity contribution < 1.29 is 19.7 Å². The largest absolute Gasteiger partial charge is 0.382 e. The second-order valence-corrected chi connectivity index (χ2v) is 6.36. The number of hydrogen-bond donors (Lipinski definition) is 3. The molecule has 0 saturated carbocycles. The van der Waals surface area contributed by atoms with E-state index in [4.69, 9.17) is 4.74 Å². The number of carbonyl (C=O) groups is 1. The fourth-order valence-electron chi connectivity index (χ4n) is 3.01. The fraction of sp³-hybridized carbons (Fsp3) is 0.263. The van der Waals surface area contributed by atoms with Crippen LogP contribution in [-0.4, -0.2) is 37.6 Å². The van der Waals surface area contributed by atoms with Gasteiger partial charge in [-0.05, 0) is 19.1 Å². The summed E-state index contributed by atoms with van der Waals surface area (Å²) >= 11 is 3.14. The number of anilines is 1. The van der Waals surface area contributed by atoms with Gasteiger partial charge < -0.3 is 20.3 Å². The topological polar surface area (TPSA) is 96.6 Å². The quantitative estimate of drug-likeness (QED) is 0.393. The second kappa shape index (κ2) is 8.62. The molecule has 2 unspecified atom stereocenters. The van der Waals surface area contributed by atoms with Gasteiger partial charge in [-0.15, -0.1) is 0 Å². The van der Waals surface area contributed by atoms with E-state index in [1.807, 2.05) is 18.2 Å². The van der Waals surface area contributed by atoms with Crippen LogP contribution >= 0.6 is 15.9 Å². The van der Waals surface area contributed by atoms with E-state index in [0.717, 1.165) is 0 Å². The molecule has 1 amide bonds. The Morgan fingerprint density at radius 3 is 2.74 bits per heavy atom. The van der Waals surface area contributed by atoms with Gasteiger partial charge in [-0.3, -0.25) is 14.3 Å². The lowest BCUT2D eigenvalue weighted by Gasteiger charge is -2.21. The summed E-state index contributed by atoms with van der Waals surface area (Å²) in [5.41, 5.74) is 1.89. The Balaban J connectivity index is 2.27. The van der Waals surface area contributed by atoms with E-state index in [9.17, 15) is 15.0 Å². The number of aromatic nitrogens is 2. The van der Waals surface area contributed by atoms with Gasteiger partial charge in [-0.1, -0.05) is 40.2 Å². The number of benzene rings is 1. The van der Waals surface area contributed by atoms with Gasteiger partial charge >= 0.3 is 0 Å². The minimum atomic E-state index is -1.32. The van der Waals surface area contributed by atoms with E-state index >= 15 is 0 Å². The monoisotopic (exact) mass is 433 g/mol. The van der Waals surface area contributed by atoms with Crippen LogP contribution in [0.3, 0.4) is 0 Å². The van der Waals surface area contributed by atoms with Crippen molar-refractivity contribution in [2.45, 2.75) is 19.4 Å². The van der Waals surface area contributed by atoms with Gasteiger partial charge in [0.05, 0.1) is 22.2 Å². The van der Waals surface area contributed by atoms with Gasteiger partial charge in [0.2, 0.25) is 12.3 Å². The Labute approximate surface area is 164 Å². The summed E-state index contributed by atoms with van der Waals surface area (Å²) in [6.07, 6.45) is 0.687. The SMILES string of the molecule is CCOC(O)n1c(C(O)c2cccnc2)c(NC(=O)CBr)c2ccccc21. The van der Waals surface area contributed by atoms with Crippen LogP contribution in [-0.2, 0) is 9.53 Å². The van der Waals surface area contributed by atoms with Crippen LogP contribution in [0.5, 0.6) is 0 Å². The number of para-hydroxylation sites is 1. The maximum absolute atomic E-state index is 12.1. The van der Waals surface area contributed by atoms with Crippen molar-refractivity contribution in [2.24, 2.45) is 0 Å². The average Bonchev–Trinajstić information content (AvgIpc) is 3.02. The molecule has 7 nitrogen and oxygen atoms in total. The molecule has 0 bridgehead atoms. The average molecular weight is 434 g/mol. The normalized spacial score (nSPS) is 13.5. The minimum Gasteiger partial charge on any atom is -0.382 e. The molecule has 2 atom stereocenters. The summed E-state index contributed by atoms with van der Waals surface area (Å²) in [5.74, 6) is -0.275. The zero-order valence-corrected chi connectivity index (χ0v) is 16.3. The third-order valence-electron chi connectivity index (χ3n) is 4.13. The van der Waals surface area contributed by atoms with Crippen molar-refractivity contribution in [1.29, 1.82) is 0 Å². The Morgan fingerprint density at radius 1 is 1.30 bits per heavy atom. The molecule has 2 aromatic heterocycles. The maximum Gasteiger partial charge on any atom is 0.242 e. The molecule has 3 rings (SSSR count). The van der Waals surface area contributed by atoms with E-state index in [-0.39, 0.29) is 17.8 Å². The highest BCUT2D eigenvalue weighted by Crippen LogP contribution is 2.39. The first kappa shape index (κ1) is 19.5. The number of aliphatic hydroxyl groups is 2. The lowest BCUT2D eigenvalue weighted by molar-refractivity contribution is -0.149. The Morgan fingerprint density at radius 2 is 2.07 bits per heavy atom. The predicted octanol–water partition coefficient (Wildman–Crippen LogP) is 2.94. The van der Waals surface area contributed by atoms with Crippen molar-refractivity contribution in [3.05, 3.63) is 60.0 Å². The number of halogens is 1. The Bertz CT molecular complexity index is 929.